The number of esters is 1. The molecule has 0 saturated heterocycles. The largest absolute Gasteiger partial charge is 0.431 e. The molecule has 0 aliphatic carbocycles. The highest BCUT2D eigenvalue weighted by atomic mass is 16.5. The maximum absolute atomic E-state index is 11.3. The lowest BCUT2D eigenvalue weighted by Gasteiger charge is -2.10. The average molecular weight is 212 g/mol. The van der Waals surface area contributed by atoms with Crippen LogP contribution in [-0.2, 0) is 9.53 Å². The first-order valence-corrected chi connectivity index (χ1v) is 5.87. The van der Waals surface area contributed by atoms with Crippen molar-refractivity contribution in [2.75, 3.05) is 0 Å². The van der Waals surface area contributed by atoms with E-state index in [2.05, 4.69) is 6.92 Å². The molecule has 0 aromatic heterocycles. The lowest BCUT2D eigenvalue weighted by atomic mass is 10.1. The fourth-order valence-electron chi connectivity index (χ4n) is 1.17. The zero-order chi connectivity index (χ0) is 11.8. The Morgan fingerprint density at radius 3 is 2.27 bits per heavy atom. The smallest absolute Gasteiger partial charge is 0.313 e. The van der Waals surface area contributed by atoms with Crippen molar-refractivity contribution < 1.29 is 9.53 Å². The molecule has 0 aliphatic heterocycles. The van der Waals surface area contributed by atoms with Crippen molar-refractivity contribution in [3.63, 3.8) is 0 Å². The molecule has 0 fully saturated rings. The van der Waals surface area contributed by atoms with Gasteiger partial charge in [0.1, 0.15) is 5.76 Å². The molecule has 15 heavy (non-hydrogen) atoms. The number of unbranched alkanes of at least 4 members (excludes halogenated alkanes) is 2. The highest BCUT2D eigenvalue weighted by molar-refractivity contribution is 5.72. The van der Waals surface area contributed by atoms with E-state index in [0.717, 1.165) is 12.2 Å². The standard InChI is InChI=1S/C13H24O2/c1-6-7-8-9-11(4)12(5)15-13(14)10(2)3/h10H,6-9H2,1-5H3. The van der Waals surface area contributed by atoms with Crippen molar-refractivity contribution >= 4 is 5.97 Å². The van der Waals surface area contributed by atoms with Crippen LogP contribution >= 0.6 is 0 Å². The molecule has 0 saturated carbocycles. The molecule has 0 radical (unpaired) electrons. The van der Waals surface area contributed by atoms with Crippen molar-refractivity contribution in [1.82, 2.24) is 0 Å². The molecular weight excluding hydrogens is 188 g/mol. The molecule has 0 amide bonds. The number of hydrogen-bond acceptors (Lipinski definition) is 2. The number of hydrogen-bond donors (Lipinski definition) is 0. The SMILES string of the molecule is CCCCCC(C)=C(C)OC(=O)C(C)C. The van der Waals surface area contributed by atoms with E-state index in [-0.39, 0.29) is 11.9 Å². The third-order valence-electron chi connectivity index (χ3n) is 2.48. The van der Waals surface area contributed by atoms with Crippen molar-refractivity contribution in [3.05, 3.63) is 11.3 Å². The van der Waals surface area contributed by atoms with Crippen LogP contribution in [0.2, 0.25) is 0 Å². The van der Waals surface area contributed by atoms with E-state index in [1.807, 2.05) is 27.7 Å². The maximum Gasteiger partial charge on any atom is 0.313 e. The Morgan fingerprint density at radius 2 is 1.80 bits per heavy atom. The fraction of sp³-hybridized carbons (Fsp3) is 0.769. The summed E-state index contributed by atoms with van der Waals surface area (Å²) >= 11 is 0. The topological polar surface area (TPSA) is 26.3 Å². The second-order valence-electron chi connectivity index (χ2n) is 4.37. The number of rotatable bonds is 6. The minimum atomic E-state index is -0.137. The van der Waals surface area contributed by atoms with Gasteiger partial charge in [0.15, 0.2) is 0 Å². The summed E-state index contributed by atoms with van der Waals surface area (Å²) in [5.74, 6) is 0.593. The summed E-state index contributed by atoms with van der Waals surface area (Å²) in [6.45, 7) is 9.80. The van der Waals surface area contributed by atoms with Gasteiger partial charge in [-0.1, -0.05) is 33.6 Å². The number of carbonyl (C=O) groups is 1. The summed E-state index contributed by atoms with van der Waals surface area (Å²) in [7, 11) is 0. The number of carbonyl (C=O) groups excluding carboxylic acids is 1. The molecule has 0 aromatic carbocycles. The molecule has 0 N–H and O–H groups in total. The van der Waals surface area contributed by atoms with E-state index in [0.29, 0.717) is 0 Å². The van der Waals surface area contributed by atoms with Crippen LogP contribution in [0.5, 0.6) is 0 Å². The average Bonchev–Trinajstić information content (AvgIpc) is 2.17. The van der Waals surface area contributed by atoms with E-state index in [4.69, 9.17) is 4.74 Å². The van der Waals surface area contributed by atoms with Gasteiger partial charge in [-0.2, -0.15) is 0 Å². The van der Waals surface area contributed by atoms with Gasteiger partial charge in [-0.25, -0.2) is 0 Å². The summed E-state index contributed by atoms with van der Waals surface area (Å²) in [6, 6.07) is 0. The summed E-state index contributed by atoms with van der Waals surface area (Å²) in [4.78, 5) is 11.3. The molecule has 0 rings (SSSR count). The summed E-state index contributed by atoms with van der Waals surface area (Å²) < 4.78 is 5.24. The third-order valence-corrected chi connectivity index (χ3v) is 2.48. The Bertz CT molecular complexity index is 227. The number of ether oxygens (including phenoxy) is 1. The highest BCUT2D eigenvalue weighted by Crippen LogP contribution is 2.15. The molecule has 0 aliphatic rings. The third kappa shape index (κ3) is 6.32. The molecular formula is C13H24O2. The minimum Gasteiger partial charge on any atom is -0.431 e. The monoisotopic (exact) mass is 212 g/mol. The van der Waals surface area contributed by atoms with Gasteiger partial charge in [0, 0.05) is 0 Å². The molecule has 0 spiro atoms. The Morgan fingerprint density at radius 1 is 1.20 bits per heavy atom. The second-order valence-corrected chi connectivity index (χ2v) is 4.37. The van der Waals surface area contributed by atoms with E-state index in [1.165, 1.54) is 24.8 Å². The minimum absolute atomic E-state index is 0.0524. The van der Waals surface area contributed by atoms with Crippen LogP contribution in [0.4, 0.5) is 0 Å². The molecule has 0 aromatic rings. The molecule has 88 valence electrons. The summed E-state index contributed by atoms with van der Waals surface area (Å²) in [6.07, 6.45) is 4.67. The van der Waals surface area contributed by atoms with Crippen LogP contribution in [0.15, 0.2) is 11.3 Å². The summed E-state index contributed by atoms with van der Waals surface area (Å²) in [5.41, 5.74) is 1.19. The first kappa shape index (κ1) is 14.2. The maximum atomic E-state index is 11.3. The van der Waals surface area contributed by atoms with E-state index < -0.39 is 0 Å². The molecule has 0 atom stereocenters. The van der Waals surface area contributed by atoms with Gasteiger partial charge in [-0.05, 0) is 32.3 Å². The summed E-state index contributed by atoms with van der Waals surface area (Å²) in [5, 5.41) is 0. The van der Waals surface area contributed by atoms with Crippen LogP contribution < -0.4 is 0 Å². The van der Waals surface area contributed by atoms with E-state index in [9.17, 15) is 4.79 Å². The molecule has 2 nitrogen and oxygen atoms in total. The van der Waals surface area contributed by atoms with Crippen molar-refractivity contribution in [2.45, 2.75) is 60.3 Å². The Labute approximate surface area is 93.7 Å². The van der Waals surface area contributed by atoms with Crippen LogP contribution in [0.1, 0.15) is 60.3 Å². The van der Waals surface area contributed by atoms with Gasteiger partial charge >= 0.3 is 5.97 Å². The van der Waals surface area contributed by atoms with Gasteiger partial charge in [0.05, 0.1) is 5.92 Å². The lowest BCUT2D eigenvalue weighted by Crippen LogP contribution is -2.11. The Balaban J connectivity index is 4.08. The number of allylic oxidation sites excluding steroid dienone is 2. The van der Waals surface area contributed by atoms with Gasteiger partial charge in [0.25, 0.3) is 0 Å². The molecule has 0 bridgehead atoms. The predicted octanol–water partition coefficient (Wildman–Crippen LogP) is 4.06. The Kier molecular flexibility index (Phi) is 7.10. The second kappa shape index (κ2) is 7.49. The predicted molar refractivity (Wildman–Crippen MR) is 63.4 cm³/mol. The van der Waals surface area contributed by atoms with Gasteiger partial charge < -0.3 is 4.74 Å². The zero-order valence-corrected chi connectivity index (χ0v) is 10.7. The van der Waals surface area contributed by atoms with E-state index >= 15 is 0 Å². The van der Waals surface area contributed by atoms with Crippen LogP contribution in [0, 0.1) is 5.92 Å². The molecule has 0 unspecified atom stereocenters. The normalized spacial score (nSPS) is 12.7. The van der Waals surface area contributed by atoms with E-state index in [1.54, 1.807) is 0 Å². The van der Waals surface area contributed by atoms with Gasteiger partial charge in [-0.15, -0.1) is 0 Å². The first-order chi connectivity index (χ1) is 6.99. The molecule has 2 heteroatoms. The van der Waals surface area contributed by atoms with Crippen LogP contribution in [-0.4, -0.2) is 5.97 Å². The van der Waals surface area contributed by atoms with Crippen molar-refractivity contribution in [3.8, 4) is 0 Å². The van der Waals surface area contributed by atoms with Crippen molar-refractivity contribution in [2.24, 2.45) is 5.92 Å². The van der Waals surface area contributed by atoms with Crippen molar-refractivity contribution in [1.29, 1.82) is 0 Å². The van der Waals surface area contributed by atoms with Crippen LogP contribution in [0.25, 0.3) is 0 Å². The van der Waals surface area contributed by atoms with Gasteiger partial charge in [0.2, 0.25) is 0 Å². The quantitative estimate of drug-likeness (QED) is 0.377. The highest BCUT2D eigenvalue weighted by Gasteiger charge is 2.10. The molecule has 0 heterocycles. The van der Waals surface area contributed by atoms with Crippen LogP contribution in [0.3, 0.4) is 0 Å². The van der Waals surface area contributed by atoms with Gasteiger partial charge in [-0.3, -0.25) is 4.79 Å². The fourth-order valence-corrected chi connectivity index (χ4v) is 1.17. The lowest BCUT2D eigenvalue weighted by molar-refractivity contribution is -0.143. The zero-order valence-electron chi connectivity index (χ0n) is 10.7. The first-order valence-electron chi connectivity index (χ1n) is 5.87. The Hall–Kier alpha value is -0.790.